The Kier molecular flexibility index (Phi) is 4.06. The first-order valence-electron chi connectivity index (χ1n) is 6.52. The van der Waals surface area contributed by atoms with E-state index in [9.17, 15) is 9.59 Å². The van der Waals surface area contributed by atoms with Crippen LogP contribution in [0.4, 0.5) is 4.79 Å². The topological polar surface area (TPSA) is 78.9 Å². The molecule has 2 bridgehead atoms. The molecule has 102 valence electrons. The van der Waals surface area contributed by atoms with Crippen LogP contribution in [0.1, 0.15) is 32.6 Å². The van der Waals surface area contributed by atoms with Crippen LogP contribution in [0.15, 0.2) is 0 Å². The average Bonchev–Trinajstić information content (AvgIpc) is 2.59. The maximum atomic E-state index is 11.2. The fraction of sp³-hybridized carbons (Fsp3) is 0.833. The highest BCUT2D eigenvalue weighted by Gasteiger charge is 2.43. The van der Waals surface area contributed by atoms with Crippen LogP contribution in [-0.2, 0) is 9.53 Å². The minimum atomic E-state index is -0.814. The van der Waals surface area contributed by atoms with E-state index in [1.165, 1.54) is 0 Å². The van der Waals surface area contributed by atoms with Crippen molar-refractivity contribution in [2.24, 2.45) is 0 Å². The van der Waals surface area contributed by atoms with Gasteiger partial charge in [-0.05, 0) is 32.6 Å². The van der Waals surface area contributed by atoms with Crippen molar-refractivity contribution in [3.8, 4) is 0 Å². The van der Waals surface area contributed by atoms with Gasteiger partial charge in [-0.25, -0.2) is 4.79 Å². The van der Waals surface area contributed by atoms with Crippen molar-refractivity contribution in [1.29, 1.82) is 0 Å². The van der Waals surface area contributed by atoms with Gasteiger partial charge in [-0.15, -0.1) is 0 Å². The number of piperidine rings is 1. The van der Waals surface area contributed by atoms with Crippen molar-refractivity contribution in [3.63, 3.8) is 0 Å². The number of nitrogens with zero attached hydrogens (tertiary/aromatic N) is 1. The minimum Gasteiger partial charge on any atom is -0.465 e. The summed E-state index contributed by atoms with van der Waals surface area (Å²) >= 11 is 0. The molecule has 0 aliphatic carbocycles. The number of ether oxygens (including phenoxy) is 1. The standard InChI is InChI=1S/C12H20N2O4/c1-2-18-11(15)7-13-8-5-9-3-4-10(6-8)14(9)12(16)17/h8-10,13H,2-7H2,1H3,(H,16,17). The molecule has 1 amide bonds. The molecule has 2 rings (SSSR count). The number of hydrogen-bond donors (Lipinski definition) is 2. The number of carboxylic acid groups (broad SMARTS) is 1. The lowest BCUT2D eigenvalue weighted by atomic mass is 9.98. The van der Waals surface area contributed by atoms with Crippen molar-refractivity contribution in [1.82, 2.24) is 10.2 Å². The number of fused-ring (bicyclic) bond motifs is 2. The lowest BCUT2D eigenvalue weighted by Gasteiger charge is -2.37. The van der Waals surface area contributed by atoms with Crippen LogP contribution in [0.2, 0.25) is 0 Å². The zero-order chi connectivity index (χ0) is 13.1. The monoisotopic (exact) mass is 256 g/mol. The molecule has 0 saturated carbocycles. The van der Waals surface area contributed by atoms with E-state index in [4.69, 9.17) is 9.84 Å². The molecule has 0 radical (unpaired) electrons. The zero-order valence-corrected chi connectivity index (χ0v) is 10.6. The molecule has 2 aliphatic heterocycles. The van der Waals surface area contributed by atoms with Gasteiger partial charge in [0.1, 0.15) is 0 Å². The first-order valence-corrected chi connectivity index (χ1v) is 6.52. The fourth-order valence-electron chi connectivity index (χ4n) is 3.10. The lowest BCUT2D eigenvalue weighted by molar-refractivity contribution is -0.142. The molecular weight excluding hydrogens is 236 g/mol. The third-order valence-corrected chi connectivity index (χ3v) is 3.79. The summed E-state index contributed by atoms with van der Waals surface area (Å²) in [6.45, 7) is 2.39. The van der Waals surface area contributed by atoms with E-state index in [1.807, 2.05) is 0 Å². The molecule has 0 aromatic heterocycles. The highest BCUT2D eigenvalue weighted by atomic mass is 16.5. The molecule has 6 heteroatoms. The Morgan fingerprint density at radius 2 is 1.94 bits per heavy atom. The van der Waals surface area contributed by atoms with Gasteiger partial charge in [0.15, 0.2) is 0 Å². The molecule has 2 N–H and O–H groups in total. The largest absolute Gasteiger partial charge is 0.465 e. The Morgan fingerprint density at radius 1 is 1.33 bits per heavy atom. The Hall–Kier alpha value is -1.30. The zero-order valence-electron chi connectivity index (χ0n) is 10.6. The maximum Gasteiger partial charge on any atom is 0.407 e. The third-order valence-electron chi connectivity index (χ3n) is 3.79. The Labute approximate surface area is 106 Å². The Bertz CT molecular complexity index is 320. The van der Waals surface area contributed by atoms with Crippen LogP contribution < -0.4 is 5.32 Å². The van der Waals surface area contributed by atoms with Crippen LogP contribution in [-0.4, -0.2) is 53.3 Å². The molecule has 2 saturated heterocycles. The summed E-state index contributed by atoms with van der Waals surface area (Å²) in [6.07, 6.45) is 2.65. The van der Waals surface area contributed by atoms with Crippen LogP contribution >= 0.6 is 0 Å². The molecule has 2 atom stereocenters. The molecule has 2 unspecified atom stereocenters. The Morgan fingerprint density at radius 3 is 2.44 bits per heavy atom. The van der Waals surface area contributed by atoms with E-state index < -0.39 is 6.09 Å². The number of amides is 1. The van der Waals surface area contributed by atoms with Gasteiger partial charge in [0.25, 0.3) is 0 Å². The fourth-order valence-corrected chi connectivity index (χ4v) is 3.10. The summed E-state index contributed by atoms with van der Waals surface area (Å²) in [6, 6.07) is 0.449. The minimum absolute atomic E-state index is 0.112. The van der Waals surface area contributed by atoms with E-state index in [-0.39, 0.29) is 30.6 Å². The van der Waals surface area contributed by atoms with E-state index in [0.29, 0.717) is 6.61 Å². The van der Waals surface area contributed by atoms with E-state index in [2.05, 4.69) is 5.32 Å². The van der Waals surface area contributed by atoms with Gasteiger partial charge in [-0.2, -0.15) is 0 Å². The summed E-state index contributed by atoms with van der Waals surface area (Å²) in [5.41, 5.74) is 0. The number of rotatable bonds is 4. The number of nitrogens with one attached hydrogen (secondary N) is 1. The average molecular weight is 256 g/mol. The highest BCUT2D eigenvalue weighted by molar-refractivity contribution is 5.71. The number of hydrogen-bond acceptors (Lipinski definition) is 4. The summed E-state index contributed by atoms with van der Waals surface area (Å²) in [7, 11) is 0. The quantitative estimate of drug-likeness (QED) is 0.728. The van der Waals surface area contributed by atoms with E-state index in [1.54, 1.807) is 11.8 Å². The van der Waals surface area contributed by atoms with Crippen molar-refractivity contribution in [2.75, 3.05) is 13.2 Å². The molecule has 6 nitrogen and oxygen atoms in total. The normalized spacial score (nSPS) is 30.3. The Balaban J connectivity index is 1.82. The summed E-state index contributed by atoms with van der Waals surface area (Å²) in [5.74, 6) is -0.245. The van der Waals surface area contributed by atoms with Gasteiger partial charge >= 0.3 is 12.1 Å². The van der Waals surface area contributed by atoms with Crippen LogP contribution in [0.5, 0.6) is 0 Å². The van der Waals surface area contributed by atoms with Gasteiger partial charge in [-0.3, -0.25) is 4.79 Å². The van der Waals surface area contributed by atoms with Crippen molar-refractivity contribution < 1.29 is 19.4 Å². The van der Waals surface area contributed by atoms with Gasteiger partial charge < -0.3 is 20.1 Å². The van der Waals surface area contributed by atoms with Gasteiger partial charge in [0.05, 0.1) is 13.2 Å². The SMILES string of the molecule is CCOC(=O)CNC1CC2CCC(C1)N2C(=O)O. The van der Waals surface area contributed by atoms with Gasteiger partial charge in [-0.1, -0.05) is 0 Å². The lowest BCUT2D eigenvalue weighted by Crippen LogP contribution is -2.51. The second kappa shape index (κ2) is 5.56. The number of carbonyl (C=O) groups is 2. The number of esters is 1. The van der Waals surface area contributed by atoms with Gasteiger partial charge in [0.2, 0.25) is 0 Å². The smallest absolute Gasteiger partial charge is 0.407 e. The molecule has 2 fully saturated rings. The van der Waals surface area contributed by atoms with Crippen LogP contribution in [0, 0.1) is 0 Å². The second-order valence-electron chi connectivity index (χ2n) is 4.93. The van der Waals surface area contributed by atoms with Gasteiger partial charge in [0, 0.05) is 18.1 Å². The van der Waals surface area contributed by atoms with Crippen molar-refractivity contribution in [3.05, 3.63) is 0 Å². The van der Waals surface area contributed by atoms with E-state index >= 15 is 0 Å². The molecule has 0 aromatic carbocycles. The van der Waals surface area contributed by atoms with Crippen molar-refractivity contribution in [2.45, 2.75) is 50.7 Å². The molecule has 2 aliphatic rings. The summed E-state index contributed by atoms with van der Waals surface area (Å²) in [5, 5.41) is 12.3. The summed E-state index contributed by atoms with van der Waals surface area (Å²) < 4.78 is 4.86. The second-order valence-corrected chi connectivity index (χ2v) is 4.93. The predicted octanol–water partition coefficient (Wildman–Crippen LogP) is 0.812. The van der Waals surface area contributed by atoms with Crippen LogP contribution in [0.25, 0.3) is 0 Å². The number of carbonyl (C=O) groups excluding carboxylic acids is 1. The first kappa shape index (κ1) is 13.1. The first-order chi connectivity index (χ1) is 8.61. The third kappa shape index (κ3) is 2.75. The molecule has 2 heterocycles. The molecule has 0 aromatic rings. The summed E-state index contributed by atoms with van der Waals surface area (Å²) in [4.78, 5) is 23.9. The van der Waals surface area contributed by atoms with Crippen molar-refractivity contribution >= 4 is 12.1 Å². The molecule has 18 heavy (non-hydrogen) atoms. The highest BCUT2D eigenvalue weighted by Crippen LogP contribution is 2.35. The van der Waals surface area contributed by atoms with E-state index in [0.717, 1.165) is 25.7 Å². The molecule has 0 spiro atoms. The van der Waals surface area contributed by atoms with Crippen LogP contribution in [0.3, 0.4) is 0 Å². The maximum absolute atomic E-state index is 11.2. The predicted molar refractivity (Wildman–Crippen MR) is 64.3 cm³/mol. The molecular formula is C12H20N2O4.